The lowest BCUT2D eigenvalue weighted by molar-refractivity contribution is -0.301. The molecule has 6 unspecified atom stereocenters. The standard InChI is InChI=1S/C61H106O12/c1-4-7-10-13-16-19-22-25-26-27-28-31-34-37-40-43-46-49-55(64)72-59-57(66)56(65)58(60(67)68)73-61(59)70-51-52(71-54(63)48-45-42-39-36-33-30-24-21-18-15-12-9-6-3)50-69-53(62)47-44-41-38-35-32-29-23-20-17-14-11-8-5-2/h11,14,20-21,23-26,52,56-59,61,65-66H,4-10,12-13,15-19,22,27-51H2,1-3H3,(H,67,68)/b14-11-,23-20-,24-21-,26-25-. The molecule has 0 spiro atoms. The highest BCUT2D eigenvalue weighted by Crippen LogP contribution is 2.26. The van der Waals surface area contributed by atoms with Gasteiger partial charge in [-0.3, -0.25) is 14.4 Å². The summed E-state index contributed by atoms with van der Waals surface area (Å²) in [5.41, 5.74) is 0. The minimum Gasteiger partial charge on any atom is -0.479 e. The summed E-state index contributed by atoms with van der Waals surface area (Å²) in [5.74, 6) is -3.14. The number of unbranched alkanes of at least 4 members (excludes halogenated alkanes) is 28. The summed E-state index contributed by atoms with van der Waals surface area (Å²) < 4.78 is 28.4. The van der Waals surface area contributed by atoms with Gasteiger partial charge in [0.1, 0.15) is 18.8 Å². The van der Waals surface area contributed by atoms with Crippen LogP contribution in [0.5, 0.6) is 0 Å². The molecule has 1 fully saturated rings. The van der Waals surface area contributed by atoms with Crippen LogP contribution in [0.1, 0.15) is 265 Å². The summed E-state index contributed by atoms with van der Waals surface area (Å²) >= 11 is 0. The van der Waals surface area contributed by atoms with E-state index in [1.165, 1.54) is 83.5 Å². The van der Waals surface area contributed by atoms with Crippen LogP contribution in [0.2, 0.25) is 0 Å². The molecule has 0 radical (unpaired) electrons. The van der Waals surface area contributed by atoms with Gasteiger partial charge in [-0.1, -0.05) is 198 Å². The number of rotatable bonds is 50. The Labute approximate surface area is 443 Å². The third-order valence-corrected chi connectivity index (χ3v) is 13.3. The average molecular weight is 1030 g/mol. The van der Waals surface area contributed by atoms with Gasteiger partial charge in [0.2, 0.25) is 0 Å². The molecule has 12 heteroatoms. The number of hydrogen-bond donors (Lipinski definition) is 3. The normalized spacial score (nSPS) is 18.6. The monoisotopic (exact) mass is 1030 g/mol. The Morgan fingerprint density at radius 2 is 0.849 bits per heavy atom. The van der Waals surface area contributed by atoms with Crippen LogP contribution in [0.4, 0.5) is 0 Å². The summed E-state index contributed by atoms with van der Waals surface area (Å²) in [6, 6.07) is 0. The maximum Gasteiger partial charge on any atom is 0.335 e. The Morgan fingerprint density at radius 3 is 1.32 bits per heavy atom. The lowest BCUT2D eigenvalue weighted by atomic mass is 9.98. The number of carboxylic acid groups (broad SMARTS) is 1. The van der Waals surface area contributed by atoms with Crippen molar-refractivity contribution >= 4 is 23.9 Å². The lowest BCUT2D eigenvalue weighted by Gasteiger charge is -2.40. The molecule has 0 aliphatic carbocycles. The Bertz CT molecular complexity index is 1460. The first-order chi connectivity index (χ1) is 35.6. The maximum absolute atomic E-state index is 13.1. The first kappa shape index (κ1) is 67.7. The lowest BCUT2D eigenvalue weighted by Crippen LogP contribution is -2.61. The van der Waals surface area contributed by atoms with Gasteiger partial charge in [-0.15, -0.1) is 0 Å². The second-order valence-corrected chi connectivity index (χ2v) is 20.3. The second-order valence-electron chi connectivity index (χ2n) is 20.3. The Morgan fingerprint density at radius 1 is 0.452 bits per heavy atom. The second kappa shape index (κ2) is 49.6. The minimum atomic E-state index is -1.91. The van der Waals surface area contributed by atoms with Gasteiger partial charge in [0.15, 0.2) is 24.6 Å². The Hall–Kier alpha value is -3.32. The van der Waals surface area contributed by atoms with Crippen molar-refractivity contribution < 1.29 is 58.2 Å². The van der Waals surface area contributed by atoms with Crippen molar-refractivity contribution in [1.29, 1.82) is 0 Å². The molecule has 6 atom stereocenters. The van der Waals surface area contributed by atoms with Gasteiger partial charge in [-0.2, -0.15) is 0 Å². The van der Waals surface area contributed by atoms with E-state index in [0.717, 1.165) is 122 Å². The zero-order valence-electron chi connectivity index (χ0n) is 46.4. The third-order valence-electron chi connectivity index (χ3n) is 13.3. The van der Waals surface area contributed by atoms with Crippen molar-refractivity contribution in [3.05, 3.63) is 48.6 Å². The number of allylic oxidation sites excluding steroid dienone is 8. The number of esters is 3. The SMILES string of the molecule is CCC/C=C\C/C=C\CCCCCCCC(=O)OCC(COC1OC(C(=O)O)C(O)C(O)C1OC(=O)CCCCCCCCC/C=C\CCCCCCCC)OC(=O)CCCCCCC/C=C\CCCCCC. The number of carbonyl (C=O) groups excluding carboxylic acids is 3. The highest BCUT2D eigenvalue weighted by Gasteiger charge is 2.50. The highest BCUT2D eigenvalue weighted by atomic mass is 16.7. The van der Waals surface area contributed by atoms with E-state index in [-0.39, 0.29) is 25.9 Å². The van der Waals surface area contributed by atoms with Crippen molar-refractivity contribution in [2.75, 3.05) is 13.2 Å². The molecule has 1 aliphatic rings. The minimum absolute atomic E-state index is 0.0544. The smallest absolute Gasteiger partial charge is 0.335 e. The van der Waals surface area contributed by atoms with Gasteiger partial charge in [0, 0.05) is 19.3 Å². The number of aliphatic hydroxyl groups is 2. The third kappa shape index (κ3) is 39.7. The van der Waals surface area contributed by atoms with Crippen LogP contribution in [-0.2, 0) is 42.9 Å². The van der Waals surface area contributed by atoms with Crippen molar-refractivity contribution in [2.24, 2.45) is 0 Å². The molecule has 1 saturated heterocycles. The van der Waals surface area contributed by atoms with Crippen molar-refractivity contribution in [3.8, 4) is 0 Å². The van der Waals surface area contributed by atoms with E-state index in [1.54, 1.807) is 0 Å². The zero-order valence-corrected chi connectivity index (χ0v) is 46.4. The predicted molar refractivity (Wildman–Crippen MR) is 294 cm³/mol. The summed E-state index contributed by atoms with van der Waals surface area (Å²) in [4.78, 5) is 51.1. The van der Waals surface area contributed by atoms with Gasteiger partial charge in [0.25, 0.3) is 0 Å². The molecule has 0 aromatic heterocycles. The number of ether oxygens (including phenoxy) is 5. The average Bonchev–Trinajstić information content (AvgIpc) is 3.37. The van der Waals surface area contributed by atoms with Gasteiger partial charge in [-0.05, 0) is 96.3 Å². The molecule has 73 heavy (non-hydrogen) atoms. The van der Waals surface area contributed by atoms with E-state index in [2.05, 4.69) is 69.4 Å². The van der Waals surface area contributed by atoms with Crippen LogP contribution in [0.15, 0.2) is 48.6 Å². The fourth-order valence-electron chi connectivity index (χ4n) is 8.75. The van der Waals surface area contributed by atoms with E-state index in [4.69, 9.17) is 23.7 Å². The molecule has 0 aromatic carbocycles. The van der Waals surface area contributed by atoms with Crippen LogP contribution < -0.4 is 0 Å². The predicted octanol–water partition coefficient (Wildman–Crippen LogP) is 15.0. The molecule has 1 rings (SSSR count). The summed E-state index contributed by atoms with van der Waals surface area (Å²) in [7, 11) is 0. The van der Waals surface area contributed by atoms with Crippen molar-refractivity contribution in [1.82, 2.24) is 0 Å². The van der Waals surface area contributed by atoms with E-state index in [0.29, 0.717) is 19.3 Å². The molecule has 0 saturated carbocycles. The number of carbonyl (C=O) groups is 4. The largest absolute Gasteiger partial charge is 0.479 e. The summed E-state index contributed by atoms with van der Waals surface area (Å²) in [6.45, 7) is 5.90. The Balaban J connectivity index is 2.69. The van der Waals surface area contributed by atoms with Gasteiger partial charge >= 0.3 is 23.9 Å². The molecular formula is C61H106O12. The van der Waals surface area contributed by atoms with Crippen LogP contribution in [0.3, 0.4) is 0 Å². The molecule has 12 nitrogen and oxygen atoms in total. The van der Waals surface area contributed by atoms with Gasteiger partial charge in [-0.25, -0.2) is 4.79 Å². The topological polar surface area (TPSA) is 175 Å². The zero-order chi connectivity index (χ0) is 53.3. The molecule has 0 aromatic rings. The van der Waals surface area contributed by atoms with E-state index in [1.807, 2.05) is 0 Å². The quantitative estimate of drug-likeness (QED) is 0.0228. The molecule has 0 amide bonds. The Kier molecular flexibility index (Phi) is 45.9. The van der Waals surface area contributed by atoms with Crippen LogP contribution in [-0.4, -0.2) is 89.2 Å². The number of carboxylic acids is 1. The first-order valence-corrected chi connectivity index (χ1v) is 29.6. The fraction of sp³-hybridized carbons (Fsp3) is 0.803. The molecule has 1 aliphatic heterocycles. The fourth-order valence-corrected chi connectivity index (χ4v) is 8.75. The number of hydrogen-bond acceptors (Lipinski definition) is 11. The summed E-state index contributed by atoms with van der Waals surface area (Å²) in [6.07, 6.45) is 46.5. The van der Waals surface area contributed by atoms with Crippen LogP contribution in [0.25, 0.3) is 0 Å². The van der Waals surface area contributed by atoms with Crippen LogP contribution >= 0.6 is 0 Å². The van der Waals surface area contributed by atoms with Crippen molar-refractivity contribution in [2.45, 2.75) is 302 Å². The highest BCUT2D eigenvalue weighted by molar-refractivity contribution is 5.74. The van der Waals surface area contributed by atoms with Crippen LogP contribution in [0, 0.1) is 0 Å². The summed E-state index contributed by atoms with van der Waals surface area (Å²) in [5, 5.41) is 31.5. The molecule has 0 bridgehead atoms. The number of aliphatic carboxylic acids is 1. The van der Waals surface area contributed by atoms with Crippen molar-refractivity contribution in [3.63, 3.8) is 0 Å². The van der Waals surface area contributed by atoms with E-state index in [9.17, 15) is 34.5 Å². The molecule has 3 N–H and O–H groups in total. The van der Waals surface area contributed by atoms with E-state index < -0.39 is 67.3 Å². The molecule has 422 valence electrons. The van der Waals surface area contributed by atoms with Gasteiger partial charge < -0.3 is 39.0 Å². The number of aliphatic hydroxyl groups excluding tert-OH is 2. The molecular weight excluding hydrogens is 925 g/mol. The van der Waals surface area contributed by atoms with Gasteiger partial charge in [0.05, 0.1) is 6.61 Å². The molecule has 1 heterocycles. The first-order valence-electron chi connectivity index (χ1n) is 29.6. The maximum atomic E-state index is 13.1. The van der Waals surface area contributed by atoms with E-state index >= 15 is 0 Å².